The van der Waals surface area contributed by atoms with E-state index in [1.54, 1.807) is 10.5 Å². The van der Waals surface area contributed by atoms with Crippen molar-refractivity contribution in [2.24, 2.45) is 0 Å². The normalized spacial score (nSPS) is 21.4. The lowest BCUT2D eigenvalue weighted by Gasteiger charge is -2.20. The first-order valence-corrected chi connectivity index (χ1v) is 6.04. The Bertz CT molecular complexity index is 536. The molecule has 3 heterocycles. The number of hydrogen-bond donors (Lipinski definition) is 0. The molecule has 0 spiro atoms. The number of hydrogen-bond acceptors (Lipinski definition) is 3. The highest BCUT2D eigenvalue weighted by molar-refractivity contribution is 5.38. The predicted molar refractivity (Wildman–Crippen MR) is 62.2 cm³/mol. The number of halogens is 1. The average molecular weight is 234 g/mol. The second kappa shape index (κ2) is 4.07. The van der Waals surface area contributed by atoms with Gasteiger partial charge in [-0.2, -0.15) is 0 Å². The summed E-state index contributed by atoms with van der Waals surface area (Å²) < 4.78 is 15.0. The number of nitrogens with zero attached hydrogens (tertiary/aromatic N) is 4. The van der Waals surface area contributed by atoms with Gasteiger partial charge < -0.3 is 0 Å². The maximum absolute atomic E-state index is 13.3. The van der Waals surface area contributed by atoms with Crippen molar-refractivity contribution in [2.45, 2.75) is 25.8 Å². The topological polar surface area (TPSA) is 33.4 Å². The van der Waals surface area contributed by atoms with Crippen LogP contribution in [0.3, 0.4) is 0 Å². The van der Waals surface area contributed by atoms with Crippen LogP contribution in [-0.2, 0) is 0 Å². The van der Waals surface area contributed by atoms with E-state index in [1.165, 1.54) is 18.7 Å². The van der Waals surface area contributed by atoms with Crippen molar-refractivity contribution in [1.82, 2.24) is 19.5 Å². The van der Waals surface area contributed by atoms with Crippen molar-refractivity contribution in [3.63, 3.8) is 0 Å². The van der Waals surface area contributed by atoms with Gasteiger partial charge in [-0.15, -0.1) is 10.2 Å². The minimum atomic E-state index is -0.250. The molecule has 1 saturated heterocycles. The molecule has 4 nitrogen and oxygen atoms in total. The maximum atomic E-state index is 13.3. The standard InChI is InChI=1S/C12H15FN4/c1-2-16-7-3-4-10(16)12-15-14-11-6-5-9(13)8-17(11)12/h5-6,8,10H,2-4,7H2,1H3. The van der Waals surface area contributed by atoms with Gasteiger partial charge in [-0.25, -0.2) is 4.39 Å². The van der Waals surface area contributed by atoms with Crippen LogP contribution in [0.5, 0.6) is 0 Å². The predicted octanol–water partition coefficient (Wildman–Crippen LogP) is 2.03. The van der Waals surface area contributed by atoms with Crippen LogP contribution in [0.2, 0.25) is 0 Å². The van der Waals surface area contributed by atoms with Gasteiger partial charge in [0.2, 0.25) is 0 Å². The molecular weight excluding hydrogens is 219 g/mol. The first kappa shape index (κ1) is 10.7. The van der Waals surface area contributed by atoms with Crippen molar-refractivity contribution < 1.29 is 4.39 Å². The van der Waals surface area contributed by atoms with E-state index in [-0.39, 0.29) is 11.9 Å². The fraction of sp³-hybridized carbons (Fsp3) is 0.500. The summed E-state index contributed by atoms with van der Waals surface area (Å²) in [5.74, 6) is 0.610. The van der Waals surface area contributed by atoms with Gasteiger partial charge >= 0.3 is 0 Å². The Morgan fingerprint density at radius 1 is 1.41 bits per heavy atom. The van der Waals surface area contributed by atoms with Gasteiger partial charge in [0.25, 0.3) is 0 Å². The highest BCUT2D eigenvalue weighted by atomic mass is 19.1. The van der Waals surface area contributed by atoms with Gasteiger partial charge in [0.1, 0.15) is 5.82 Å². The van der Waals surface area contributed by atoms with Gasteiger partial charge in [-0.3, -0.25) is 9.30 Å². The Labute approximate surface area is 99.1 Å². The van der Waals surface area contributed by atoms with Crippen LogP contribution in [-0.4, -0.2) is 32.6 Å². The van der Waals surface area contributed by atoms with Crippen LogP contribution in [0.15, 0.2) is 18.3 Å². The maximum Gasteiger partial charge on any atom is 0.160 e. The largest absolute Gasteiger partial charge is 0.294 e. The molecule has 0 radical (unpaired) electrons. The quantitative estimate of drug-likeness (QED) is 0.797. The molecule has 0 aromatic carbocycles. The second-order valence-corrected chi connectivity index (χ2v) is 4.42. The molecule has 2 aromatic heterocycles. The SMILES string of the molecule is CCN1CCCC1c1nnc2ccc(F)cn12. The highest BCUT2D eigenvalue weighted by Crippen LogP contribution is 2.30. The van der Waals surface area contributed by atoms with E-state index >= 15 is 0 Å². The molecule has 1 atom stereocenters. The monoisotopic (exact) mass is 234 g/mol. The molecule has 90 valence electrons. The zero-order chi connectivity index (χ0) is 11.8. The highest BCUT2D eigenvalue weighted by Gasteiger charge is 2.28. The number of rotatable bonds is 2. The Morgan fingerprint density at radius 3 is 3.12 bits per heavy atom. The third kappa shape index (κ3) is 1.70. The summed E-state index contributed by atoms with van der Waals surface area (Å²) in [5.41, 5.74) is 0.712. The van der Waals surface area contributed by atoms with Gasteiger partial charge in [-0.05, 0) is 38.1 Å². The van der Waals surface area contributed by atoms with Gasteiger partial charge in [0.05, 0.1) is 6.04 Å². The molecule has 1 aliphatic heterocycles. The summed E-state index contributed by atoms with van der Waals surface area (Å²) in [6.07, 6.45) is 3.71. The summed E-state index contributed by atoms with van der Waals surface area (Å²) >= 11 is 0. The third-order valence-electron chi connectivity index (χ3n) is 3.46. The molecule has 0 bridgehead atoms. The van der Waals surface area contributed by atoms with Crippen molar-refractivity contribution >= 4 is 5.65 Å². The molecule has 1 fully saturated rings. The van der Waals surface area contributed by atoms with Crippen LogP contribution in [0.4, 0.5) is 4.39 Å². The molecule has 2 aromatic rings. The minimum absolute atomic E-state index is 0.250. The fourth-order valence-electron chi connectivity index (χ4n) is 2.61. The van der Waals surface area contributed by atoms with Crippen LogP contribution < -0.4 is 0 Å². The summed E-state index contributed by atoms with van der Waals surface area (Å²) in [7, 11) is 0. The molecule has 1 unspecified atom stereocenters. The second-order valence-electron chi connectivity index (χ2n) is 4.42. The molecule has 1 aliphatic rings. The van der Waals surface area contributed by atoms with Crippen LogP contribution in [0, 0.1) is 5.82 Å². The van der Waals surface area contributed by atoms with E-state index in [0.717, 1.165) is 25.3 Å². The smallest absolute Gasteiger partial charge is 0.160 e. The molecule has 0 saturated carbocycles. The number of aromatic nitrogens is 3. The van der Waals surface area contributed by atoms with Crippen molar-refractivity contribution in [1.29, 1.82) is 0 Å². The lowest BCUT2D eigenvalue weighted by atomic mass is 10.2. The summed E-state index contributed by atoms with van der Waals surface area (Å²) in [6, 6.07) is 3.36. The average Bonchev–Trinajstić information content (AvgIpc) is 2.93. The minimum Gasteiger partial charge on any atom is -0.294 e. The van der Waals surface area contributed by atoms with Crippen molar-refractivity contribution in [2.75, 3.05) is 13.1 Å². The van der Waals surface area contributed by atoms with E-state index in [2.05, 4.69) is 22.0 Å². The first-order valence-electron chi connectivity index (χ1n) is 6.04. The van der Waals surface area contributed by atoms with Crippen LogP contribution in [0.25, 0.3) is 5.65 Å². The molecule has 17 heavy (non-hydrogen) atoms. The van der Waals surface area contributed by atoms with E-state index in [0.29, 0.717) is 5.65 Å². The molecule has 0 N–H and O–H groups in total. The molecule has 0 amide bonds. The summed E-state index contributed by atoms with van der Waals surface area (Å²) in [5, 5.41) is 8.31. The lowest BCUT2D eigenvalue weighted by Crippen LogP contribution is -2.24. The van der Waals surface area contributed by atoms with Gasteiger partial charge in [0.15, 0.2) is 11.5 Å². The van der Waals surface area contributed by atoms with Gasteiger partial charge in [-0.1, -0.05) is 6.92 Å². The Hall–Kier alpha value is -1.49. The molecule has 5 heteroatoms. The zero-order valence-corrected chi connectivity index (χ0v) is 9.80. The van der Waals surface area contributed by atoms with E-state index < -0.39 is 0 Å². The number of likely N-dealkylation sites (tertiary alicyclic amines) is 1. The van der Waals surface area contributed by atoms with E-state index in [1.807, 2.05) is 0 Å². The Morgan fingerprint density at radius 2 is 2.29 bits per heavy atom. The summed E-state index contributed by atoms with van der Waals surface area (Å²) in [4.78, 5) is 2.36. The van der Waals surface area contributed by atoms with E-state index in [9.17, 15) is 4.39 Å². The Kier molecular flexibility index (Phi) is 2.55. The first-order chi connectivity index (χ1) is 8.29. The zero-order valence-electron chi connectivity index (χ0n) is 9.80. The van der Waals surface area contributed by atoms with Crippen molar-refractivity contribution in [3.8, 4) is 0 Å². The third-order valence-corrected chi connectivity index (χ3v) is 3.46. The molecular formula is C12H15FN4. The number of fused-ring (bicyclic) bond motifs is 1. The van der Waals surface area contributed by atoms with Crippen molar-refractivity contribution in [3.05, 3.63) is 30.0 Å². The van der Waals surface area contributed by atoms with Crippen LogP contribution >= 0.6 is 0 Å². The van der Waals surface area contributed by atoms with Crippen LogP contribution in [0.1, 0.15) is 31.6 Å². The lowest BCUT2D eigenvalue weighted by molar-refractivity contribution is 0.260. The number of pyridine rings is 1. The Balaban J connectivity index is 2.07. The summed E-state index contributed by atoms with van der Waals surface area (Å²) in [6.45, 7) is 4.22. The van der Waals surface area contributed by atoms with E-state index in [4.69, 9.17) is 0 Å². The van der Waals surface area contributed by atoms with Gasteiger partial charge in [0, 0.05) is 6.20 Å². The molecule has 0 aliphatic carbocycles. The molecule has 3 rings (SSSR count). The fourth-order valence-corrected chi connectivity index (χ4v) is 2.61.